The molecule has 0 radical (unpaired) electrons. The van der Waals surface area contributed by atoms with E-state index in [1.165, 1.54) is 0 Å². The number of rotatable bonds is 20. The first-order valence-corrected chi connectivity index (χ1v) is 23.4. The van der Waals surface area contributed by atoms with Crippen molar-refractivity contribution in [1.82, 2.24) is 0 Å². The molecule has 7 heteroatoms. The number of carbonyl (C=O) groups is 1. The summed E-state index contributed by atoms with van der Waals surface area (Å²) in [5, 5.41) is 3.45. The third-order valence-electron chi connectivity index (χ3n) is 11.4. The van der Waals surface area contributed by atoms with Crippen LogP contribution in [0.4, 0.5) is 0 Å². The average molecular weight is 842 g/mol. The van der Waals surface area contributed by atoms with Crippen LogP contribution in [0.3, 0.4) is 0 Å². The zero-order chi connectivity index (χ0) is 42.2. The van der Waals surface area contributed by atoms with E-state index in [1.807, 2.05) is 115 Å². The summed E-state index contributed by atoms with van der Waals surface area (Å²) >= 11 is 0. The van der Waals surface area contributed by atoms with E-state index in [0.29, 0.717) is 32.6 Å². The molecule has 7 aromatic rings. The molecule has 0 bridgehead atoms. The van der Waals surface area contributed by atoms with Crippen molar-refractivity contribution in [1.29, 1.82) is 0 Å². The molecule has 5 atom stereocenters. The van der Waals surface area contributed by atoms with Crippen LogP contribution < -0.4 is 15.9 Å². The second-order valence-electron chi connectivity index (χ2n) is 15.7. The van der Waals surface area contributed by atoms with E-state index < -0.39 is 37.8 Å². The molecule has 62 heavy (non-hydrogen) atoms. The molecule has 1 aliphatic heterocycles. The van der Waals surface area contributed by atoms with Gasteiger partial charge in [0.25, 0.3) is 0 Å². The standard InChI is InChI=1S/C55H54O6P/c56-47(42-62(48-30-16-5-17-31-48,49-32-18-6-19-33-49)50-34-20-7-21-35-50)36-51-53(58-38-44-24-10-2-11-25-44)55(60-40-46-28-14-4-15-29-46)54(59-39-45-26-12-3-13-27-45)52(61-51)41-57-37-43-22-8-1-9-23-43/h1-35,51-55H,36-42H2/q+1/t51-,52?,53?,54-,55?/m1/s1. The molecule has 0 aliphatic carbocycles. The largest absolute Gasteiger partial charge is 0.374 e. The van der Waals surface area contributed by atoms with Gasteiger partial charge in [0, 0.05) is 6.42 Å². The van der Waals surface area contributed by atoms with Crippen molar-refractivity contribution in [2.75, 3.05) is 12.8 Å². The van der Waals surface area contributed by atoms with Gasteiger partial charge in [-0.05, 0) is 58.7 Å². The lowest BCUT2D eigenvalue weighted by molar-refractivity contribution is -0.272. The van der Waals surface area contributed by atoms with Gasteiger partial charge in [-0.1, -0.05) is 176 Å². The fourth-order valence-electron chi connectivity index (χ4n) is 8.37. The molecule has 3 unspecified atom stereocenters. The van der Waals surface area contributed by atoms with E-state index in [4.69, 9.17) is 23.7 Å². The van der Waals surface area contributed by atoms with E-state index in [-0.39, 0.29) is 18.8 Å². The Labute approximate surface area is 366 Å². The first-order valence-electron chi connectivity index (χ1n) is 21.5. The van der Waals surface area contributed by atoms with Crippen LogP contribution in [-0.4, -0.2) is 49.1 Å². The first-order chi connectivity index (χ1) is 30.7. The minimum absolute atomic E-state index is 0.0858. The van der Waals surface area contributed by atoms with Crippen molar-refractivity contribution < 1.29 is 28.5 Å². The van der Waals surface area contributed by atoms with Gasteiger partial charge in [0.15, 0.2) is 5.78 Å². The van der Waals surface area contributed by atoms with Crippen molar-refractivity contribution in [3.05, 3.63) is 235 Å². The van der Waals surface area contributed by atoms with Crippen molar-refractivity contribution in [3.63, 3.8) is 0 Å². The summed E-state index contributed by atoms with van der Waals surface area (Å²) in [7, 11) is -2.48. The van der Waals surface area contributed by atoms with Crippen molar-refractivity contribution in [2.45, 2.75) is 63.4 Å². The number of carbonyl (C=O) groups excluding carboxylic acids is 1. The maximum atomic E-state index is 15.2. The molecule has 8 rings (SSSR count). The van der Waals surface area contributed by atoms with E-state index in [9.17, 15) is 0 Å². The number of hydrogen-bond donors (Lipinski definition) is 0. The second-order valence-corrected chi connectivity index (χ2v) is 19.2. The number of ketones is 1. The Hall–Kier alpha value is -5.56. The summed E-state index contributed by atoms with van der Waals surface area (Å²) in [6.45, 7) is 1.59. The number of Topliss-reactive ketones (excluding diaryl/α,β-unsaturated/α-hetero) is 1. The van der Waals surface area contributed by atoms with Crippen molar-refractivity contribution >= 4 is 29.0 Å². The van der Waals surface area contributed by atoms with Gasteiger partial charge in [-0.3, -0.25) is 4.79 Å². The summed E-state index contributed by atoms with van der Waals surface area (Å²) in [6.07, 6.45) is -2.68. The quantitative estimate of drug-likeness (QED) is 0.0713. The Bertz CT molecular complexity index is 2260. The van der Waals surface area contributed by atoms with Crippen LogP contribution in [0.2, 0.25) is 0 Å². The van der Waals surface area contributed by atoms with Crippen LogP contribution in [0, 0.1) is 0 Å². The lowest BCUT2D eigenvalue weighted by atomic mass is 9.91. The molecule has 0 spiro atoms. The van der Waals surface area contributed by atoms with Gasteiger partial charge in [0.1, 0.15) is 53.8 Å². The van der Waals surface area contributed by atoms with Gasteiger partial charge < -0.3 is 23.7 Å². The third kappa shape index (κ3) is 11.1. The molecule has 1 aliphatic rings. The SMILES string of the molecule is O=C(C[C@H]1OC(COCc2ccccc2)[C@@H](OCc2ccccc2)C(OCc2ccccc2)C1OCc1ccccc1)C[P+](c1ccccc1)(c1ccccc1)c1ccccc1. The van der Waals surface area contributed by atoms with Gasteiger partial charge in [0.2, 0.25) is 0 Å². The minimum Gasteiger partial charge on any atom is -0.374 e. The second kappa shape index (κ2) is 22.0. The Balaban J connectivity index is 1.17. The molecule has 1 heterocycles. The molecule has 314 valence electrons. The molecular weight excluding hydrogens is 788 g/mol. The Kier molecular flexibility index (Phi) is 15.3. The lowest BCUT2D eigenvalue weighted by Crippen LogP contribution is -2.61. The predicted molar refractivity (Wildman–Crippen MR) is 249 cm³/mol. The van der Waals surface area contributed by atoms with Gasteiger partial charge in [-0.25, -0.2) is 0 Å². The summed E-state index contributed by atoms with van der Waals surface area (Å²) < 4.78 is 34.4. The van der Waals surface area contributed by atoms with Gasteiger partial charge in [-0.2, -0.15) is 0 Å². The summed E-state index contributed by atoms with van der Waals surface area (Å²) in [5.41, 5.74) is 4.12. The lowest BCUT2D eigenvalue weighted by Gasteiger charge is -2.46. The highest BCUT2D eigenvalue weighted by Gasteiger charge is 2.51. The van der Waals surface area contributed by atoms with E-state index in [0.717, 1.165) is 38.2 Å². The highest BCUT2D eigenvalue weighted by Crippen LogP contribution is 2.55. The fraction of sp³-hybridized carbons (Fsp3) is 0.218. The summed E-state index contributed by atoms with van der Waals surface area (Å²) in [4.78, 5) is 15.2. The molecule has 6 nitrogen and oxygen atoms in total. The van der Waals surface area contributed by atoms with Crippen LogP contribution in [0.1, 0.15) is 28.7 Å². The molecule has 0 saturated carbocycles. The maximum absolute atomic E-state index is 15.2. The monoisotopic (exact) mass is 841 g/mol. The van der Waals surface area contributed by atoms with Crippen LogP contribution in [0.5, 0.6) is 0 Å². The van der Waals surface area contributed by atoms with Crippen molar-refractivity contribution in [2.24, 2.45) is 0 Å². The maximum Gasteiger partial charge on any atom is 0.173 e. The zero-order valence-electron chi connectivity index (χ0n) is 34.9. The molecule has 0 amide bonds. The van der Waals surface area contributed by atoms with E-state index in [1.54, 1.807) is 0 Å². The first kappa shape index (κ1) is 43.1. The molecular formula is C55H54O6P+. The molecule has 7 aromatic carbocycles. The number of ether oxygens (including phenoxy) is 5. The third-order valence-corrected chi connectivity index (χ3v) is 15.8. The van der Waals surface area contributed by atoms with Gasteiger partial charge in [-0.15, -0.1) is 0 Å². The molecule has 0 aromatic heterocycles. The highest BCUT2D eigenvalue weighted by molar-refractivity contribution is 7.96. The normalized spacial score (nSPS) is 18.9. The van der Waals surface area contributed by atoms with Crippen LogP contribution >= 0.6 is 7.26 Å². The Morgan fingerprint density at radius 1 is 0.403 bits per heavy atom. The predicted octanol–water partition coefficient (Wildman–Crippen LogP) is 9.68. The van der Waals surface area contributed by atoms with Gasteiger partial charge in [0.05, 0.1) is 39.1 Å². The van der Waals surface area contributed by atoms with Gasteiger partial charge >= 0.3 is 0 Å². The molecule has 1 saturated heterocycles. The number of hydrogen-bond acceptors (Lipinski definition) is 6. The zero-order valence-corrected chi connectivity index (χ0v) is 35.8. The highest BCUT2D eigenvalue weighted by atomic mass is 31.2. The smallest absolute Gasteiger partial charge is 0.173 e. The Morgan fingerprint density at radius 2 is 0.726 bits per heavy atom. The van der Waals surface area contributed by atoms with Crippen LogP contribution in [-0.2, 0) is 54.9 Å². The average Bonchev–Trinajstić information content (AvgIpc) is 3.34. The summed E-state index contributed by atoms with van der Waals surface area (Å²) in [5.74, 6) is 0.0858. The minimum atomic E-state index is -2.48. The number of benzene rings is 7. The Morgan fingerprint density at radius 3 is 1.11 bits per heavy atom. The van der Waals surface area contributed by atoms with E-state index >= 15 is 4.79 Å². The van der Waals surface area contributed by atoms with Crippen LogP contribution in [0.15, 0.2) is 212 Å². The topological polar surface area (TPSA) is 63.2 Å². The van der Waals surface area contributed by atoms with Crippen molar-refractivity contribution in [3.8, 4) is 0 Å². The molecule has 1 fully saturated rings. The molecule has 0 N–H and O–H groups in total. The van der Waals surface area contributed by atoms with Crippen LogP contribution in [0.25, 0.3) is 0 Å². The van der Waals surface area contributed by atoms with E-state index in [2.05, 4.69) is 97.1 Å². The fourth-order valence-corrected chi connectivity index (χ4v) is 12.5. The summed E-state index contributed by atoms with van der Waals surface area (Å²) in [6, 6.07) is 72.0.